The molecule has 18 heteroatoms. The lowest BCUT2D eigenvalue weighted by Gasteiger charge is -2.35. The van der Waals surface area contributed by atoms with Gasteiger partial charge in [0.2, 0.25) is 0 Å². The highest BCUT2D eigenvalue weighted by molar-refractivity contribution is 6.14. The lowest BCUT2D eigenvalue weighted by atomic mass is 9.70. The van der Waals surface area contributed by atoms with E-state index in [0.29, 0.717) is 11.1 Å². The van der Waals surface area contributed by atoms with Crippen LogP contribution < -0.4 is 17.2 Å². The maximum Gasteiger partial charge on any atom is 0.495 e. The maximum atomic E-state index is 14.3. The Hall–Kier alpha value is -5.98. The summed E-state index contributed by atoms with van der Waals surface area (Å²) in [6.45, 7) is 0. The third-order valence-corrected chi connectivity index (χ3v) is 8.77. The molecule has 6 unspecified atom stereocenters. The van der Waals surface area contributed by atoms with Crippen molar-refractivity contribution in [2.24, 2.45) is 35.0 Å². The number of carbonyl (C=O) groups excluding carboxylic acids is 4. The fourth-order valence-corrected chi connectivity index (χ4v) is 5.85. The van der Waals surface area contributed by atoms with E-state index in [1.54, 1.807) is 36.4 Å². The number of halogens is 3. The smallest absolute Gasteiger partial charge is 0.481 e. The first-order chi connectivity index (χ1) is 25.2. The SMILES string of the molecule is NC(CC(Cc1ccccc1)C(=O)C(N)(C(=O)O)C(Cc1ccccc1)C(=O)O)C(=O)C(N)(C(=O)O)C(Cc1ccccc1)C(=O)OOC(=O)C(F)(F)F. The molecule has 0 aromatic heterocycles. The summed E-state index contributed by atoms with van der Waals surface area (Å²) in [6.07, 6.45) is -8.28. The van der Waals surface area contributed by atoms with Gasteiger partial charge in [-0.15, -0.1) is 0 Å². The van der Waals surface area contributed by atoms with Crippen LogP contribution in [0.15, 0.2) is 91.0 Å². The Morgan fingerprint density at radius 3 is 1.37 bits per heavy atom. The quantitative estimate of drug-likeness (QED) is 0.0611. The molecule has 0 saturated carbocycles. The summed E-state index contributed by atoms with van der Waals surface area (Å²) in [5.74, 6) is -20.3. The number of carboxylic acid groups (broad SMARTS) is 3. The largest absolute Gasteiger partial charge is 0.495 e. The van der Waals surface area contributed by atoms with Gasteiger partial charge in [0, 0.05) is 5.92 Å². The van der Waals surface area contributed by atoms with E-state index in [1.165, 1.54) is 54.6 Å². The number of hydrogen-bond donors (Lipinski definition) is 6. The molecule has 0 bridgehead atoms. The highest BCUT2D eigenvalue weighted by Crippen LogP contribution is 2.31. The van der Waals surface area contributed by atoms with Crippen molar-refractivity contribution in [2.45, 2.75) is 49.0 Å². The van der Waals surface area contributed by atoms with Crippen molar-refractivity contribution in [1.82, 2.24) is 0 Å². The van der Waals surface area contributed by atoms with E-state index in [4.69, 9.17) is 17.2 Å². The molecule has 0 fully saturated rings. The zero-order chi connectivity index (χ0) is 40.4. The molecule has 0 heterocycles. The Bertz CT molecular complexity index is 1850. The number of Topliss-reactive ketones (excluding diaryl/α,β-unsaturated/α-hetero) is 2. The van der Waals surface area contributed by atoms with Crippen molar-refractivity contribution in [1.29, 1.82) is 0 Å². The lowest BCUT2D eigenvalue weighted by molar-refractivity contribution is -0.288. The average Bonchev–Trinajstić information content (AvgIpc) is 3.13. The van der Waals surface area contributed by atoms with Gasteiger partial charge in [-0.25, -0.2) is 29.0 Å². The van der Waals surface area contributed by atoms with Crippen LogP contribution >= 0.6 is 0 Å². The molecule has 0 radical (unpaired) electrons. The van der Waals surface area contributed by atoms with Crippen LogP contribution in [0, 0.1) is 17.8 Å². The molecule has 15 nitrogen and oxygen atoms in total. The molecule has 54 heavy (non-hydrogen) atoms. The zero-order valence-electron chi connectivity index (χ0n) is 28.2. The molecule has 0 aliphatic heterocycles. The number of aliphatic carboxylic acids is 3. The first-order valence-electron chi connectivity index (χ1n) is 16.0. The predicted octanol–water partition coefficient (Wildman–Crippen LogP) is 1.63. The van der Waals surface area contributed by atoms with Gasteiger partial charge in [-0.05, 0) is 42.4 Å². The van der Waals surface area contributed by atoms with E-state index in [-0.39, 0.29) is 5.56 Å². The molecular weight excluding hydrogens is 723 g/mol. The van der Waals surface area contributed by atoms with Crippen molar-refractivity contribution < 1.29 is 71.8 Å². The topological polar surface area (TPSA) is 277 Å². The van der Waals surface area contributed by atoms with Crippen LogP contribution in [0.4, 0.5) is 13.2 Å². The molecule has 6 atom stereocenters. The molecule has 0 aliphatic carbocycles. The fourth-order valence-electron chi connectivity index (χ4n) is 5.85. The first kappa shape index (κ1) is 42.4. The number of rotatable bonds is 18. The van der Waals surface area contributed by atoms with Crippen LogP contribution in [0.3, 0.4) is 0 Å². The first-order valence-corrected chi connectivity index (χ1v) is 16.0. The van der Waals surface area contributed by atoms with E-state index in [0.717, 1.165) is 0 Å². The van der Waals surface area contributed by atoms with Crippen LogP contribution in [0.5, 0.6) is 0 Å². The molecule has 0 amide bonds. The molecule has 0 saturated heterocycles. The maximum absolute atomic E-state index is 14.3. The lowest BCUT2D eigenvalue weighted by Crippen LogP contribution is -2.68. The summed E-state index contributed by atoms with van der Waals surface area (Å²) in [5.41, 5.74) is 12.7. The van der Waals surface area contributed by atoms with Gasteiger partial charge in [-0.2, -0.15) is 13.2 Å². The summed E-state index contributed by atoms with van der Waals surface area (Å²) in [5, 5.41) is 30.7. The molecule has 3 aromatic rings. The van der Waals surface area contributed by atoms with Crippen molar-refractivity contribution in [3.63, 3.8) is 0 Å². The van der Waals surface area contributed by atoms with Crippen molar-refractivity contribution in [3.8, 4) is 0 Å². The van der Waals surface area contributed by atoms with Gasteiger partial charge in [-0.3, -0.25) is 14.4 Å². The molecular formula is C36H36F3N3O12. The second kappa shape index (κ2) is 17.7. The van der Waals surface area contributed by atoms with Gasteiger partial charge < -0.3 is 32.5 Å². The molecule has 288 valence electrons. The summed E-state index contributed by atoms with van der Waals surface area (Å²) < 4.78 is 38.3. The molecule has 9 N–H and O–H groups in total. The minimum Gasteiger partial charge on any atom is -0.481 e. The summed E-state index contributed by atoms with van der Waals surface area (Å²) >= 11 is 0. The van der Waals surface area contributed by atoms with Crippen LogP contribution in [0.1, 0.15) is 23.1 Å². The van der Waals surface area contributed by atoms with Crippen molar-refractivity contribution in [2.75, 3.05) is 0 Å². The van der Waals surface area contributed by atoms with Crippen molar-refractivity contribution >= 4 is 41.4 Å². The minimum atomic E-state index is -5.64. The van der Waals surface area contributed by atoms with Gasteiger partial charge in [-0.1, -0.05) is 91.0 Å². The highest BCUT2D eigenvalue weighted by Gasteiger charge is 2.58. The predicted molar refractivity (Wildman–Crippen MR) is 178 cm³/mol. The summed E-state index contributed by atoms with van der Waals surface area (Å²) in [6, 6.07) is 20.3. The molecule has 3 aromatic carbocycles. The Kier molecular flexibility index (Phi) is 13.9. The van der Waals surface area contributed by atoms with Crippen LogP contribution in [-0.2, 0) is 62.6 Å². The standard InChI is InChI=1S/C36H36F3N3O12/c37-36(38,39)33(52)54-53-30(47)25(18-22-14-8-3-9-15-22)35(42,32(50)51)28(44)26(40)19-23(16-20-10-4-1-5-11-20)27(43)34(41,31(48)49)24(29(45)46)17-21-12-6-2-7-13-21/h1-15,23-26H,16-19,40-42H2,(H,45,46)(H,48,49)(H,50,51). The Labute approximate surface area is 304 Å². The van der Waals surface area contributed by atoms with E-state index >= 15 is 0 Å². The zero-order valence-corrected chi connectivity index (χ0v) is 28.2. The Balaban J connectivity index is 2.09. The van der Waals surface area contributed by atoms with Crippen LogP contribution in [0.25, 0.3) is 0 Å². The molecule has 0 spiro atoms. The summed E-state index contributed by atoms with van der Waals surface area (Å²) in [4.78, 5) is 98.4. The van der Waals surface area contributed by atoms with Crippen LogP contribution in [0.2, 0.25) is 0 Å². The van der Waals surface area contributed by atoms with E-state index in [2.05, 4.69) is 9.78 Å². The van der Waals surface area contributed by atoms with Gasteiger partial charge in [0.05, 0.1) is 12.0 Å². The minimum absolute atomic E-state index is 0.115. The van der Waals surface area contributed by atoms with Crippen LogP contribution in [-0.4, -0.2) is 80.0 Å². The second-order valence-corrected chi connectivity index (χ2v) is 12.4. The Morgan fingerprint density at radius 2 is 0.981 bits per heavy atom. The third kappa shape index (κ3) is 9.91. The van der Waals surface area contributed by atoms with E-state index < -0.39 is 108 Å². The fraction of sp³-hybridized carbons (Fsp3) is 0.306. The monoisotopic (exact) mass is 759 g/mol. The highest BCUT2D eigenvalue weighted by atomic mass is 19.4. The average molecular weight is 760 g/mol. The van der Waals surface area contributed by atoms with E-state index in [9.17, 15) is 62.1 Å². The third-order valence-electron chi connectivity index (χ3n) is 8.77. The normalized spacial score (nSPS) is 15.9. The Morgan fingerprint density at radius 1 is 0.593 bits per heavy atom. The number of benzene rings is 3. The molecule has 0 aliphatic rings. The number of alkyl halides is 3. The second-order valence-electron chi connectivity index (χ2n) is 12.4. The van der Waals surface area contributed by atoms with Gasteiger partial charge in [0.1, 0.15) is 5.92 Å². The number of hydrogen-bond acceptors (Lipinski definition) is 12. The molecule has 3 rings (SSSR count). The summed E-state index contributed by atoms with van der Waals surface area (Å²) in [7, 11) is 0. The number of carboxylic acids is 3. The van der Waals surface area contributed by atoms with Crippen molar-refractivity contribution in [3.05, 3.63) is 108 Å². The van der Waals surface area contributed by atoms with Gasteiger partial charge >= 0.3 is 36.0 Å². The number of ketones is 2. The van der Waals surface area contributed by atoms with Gasteiger partial charge in [0.25, 0.3) is 0 Å². The van der Waals surface area contributed by atoms with Gasteiger partial charge in [0.15, 0.2) is 22.6 Å². The van der Waals surface area contributed by atoms with E-state index in [1.807, 2.05) is 0 Å². The number of nitrogens with two attached hydrogens (primary N) is 3. The number of carbonyl (C=O) groups is 7.